The third-order valence-electron chi connectivity index (χ3n) is 5.57. The van der Waals surface area contributed by atoms with Gasteiger partial charge >= 0.3 is 0 Å². The minimum absolute atomic E-state index is 0.0444. The van der Waals surface area contributed by atoms with Crippen LogP contribution in [0.5, 0.6) is 0 Å². The number of aryl methyl sites for hydroxylation is 1. The van der Waals surface area contributed by atoms with Crippen molar-refractivity contribution in [2.24, 2.45) is 4.99 Å². The molecule has 0 saturated carbocycles. The molecular weight excluding hydrogens is 430 g/mol. The Hall–Kier alpha value is -3.03. The van der Waals surface area contributed by atoms with Gasteiger partial charge in [0.25, 0.3) is 5.91 Å². The van der Waals surface area contributed by atoms with Crippen molar-refractivity contribution < 1.29 is 4.79 Å². The Balaban J connectivity index is 1.51. The van der Waals surface area contributed by atoms with Crippen LogP contribution in [0.3, 0.4) is 0 Å². The predicted octanol–water partition coefficient (Wildman–Crippen LogP) is 5.23. The molecule has 2 aromatic rings. The number of aliphatic imine (C=N–C) groups is 1. The molecule has 0 unspecified atom stereocenters. The average molecular weight is 464 g/mol. The summed E-state index contributed by atoms with van der Waals surface area (Å²) < 4.78 is 0. The number of rotatable bonds is 10. The molecule has 3 rings (SSSR count). The van der Waals surface area contributed by atoms with E-state index in [-0.39, 0.29) is 5.91 Å². The zero-order chi connectivity index (χ0) is 23.6. The van der Waals surface area contributed by atoms with Crippen molar-refractivity contribution in [2.75, 3.05) is 38.0 Å². The van der Waals surface area contributed by atoms with Crippen LogP contribution < -0.4 is 5.32 Å². The lowest BCUT2D eigenvalue weighted by atomic mass is 10.1. The fraction of sp³-hybridized carbons (Fsp3) is 0.346. The standard InChI is InChI=1S/C26H33N5OS/c1-5-20(2)9-7-6-8-12-28-24-11-10-22(17-25(24)27-4)26(32)31-15-13-30(14-16-31)18-23-19-33-21(3)29-23/h5-7,9-11,17,19,28H,1,4,8,12-16,18H2,2-3H3/b7-6-,20-9-. The number of allylic oxidation sites excluding steroid dienone is 4. The highest BCUT2D eigenvalue weighted by Crippen LogP contribution is 2.27. The summed E-state index contributed by atoms with van der Waals surface area (Å²) in [4.78, 5) is 26.0. The van der Waals surface area contributed by atoms with Gasteiger partial charge in [-0.15, -0.1) is 11.3 Å². The third kappa shape index (κ3) is 7.23. The summed E-state index contributed by atoms with van der Waals surface area (Å²) in [6.07, 6.45) is 8.88. The summed E-state index contributed by atoms with van der Waals surface area (Å²) in [7, 11) is 0. The molecule has 1 aliphatic rings. The Bertz CT molecular complexity index is 1030. The van der Waals surface area contributed by atoms with E-state index in [2.05, 4.69) is 44.9 Å². The lowest BCUT2D eigenvalue weighted by Crippen LogP contribution is -2.48. The van der Waals surface area contributed by atoms with Gasteiger partial charge in [-0.1, -0.05) is 36.5 Å². The second-order valence-electron chi connectivity index (χ2n) is 8.07. The Morgan fingerprint density at radius 2 is 2.09 bits per heavy atom. The van der Waals surface area contributed by atoms with Gasteiger partial charge in [0, 0.05) is 50.2 Å². The van der Waals surface area contributed by atoms with E-state index in [4.69, 9.17) is 0 Å². The highest BCUT2D eigenvalue weighted by Gasteiger charge is 2.23. The number of anilines is 1. The van der Waals surface area contributed by atoms with E-state index in [1.165, 1.54) is 0 Å². The van der Waals surface area contributed by atoms with E-state index in [9.17, 15) is 4.79 Å². The van der Waals surface area contributed by atoms with Crippen LogP contribution in [-0.4, -0.2) is 60.1 Å². The van der Waals surface area contributed by atoms with Crippen LogP contribution in [0.4, 0.5) is 11.4 Å². The lowest BCUT2D eigenvalue weighted by molar-refractivity contribution is 0.0627. The van der Waals surface area contributed by atoms with Crippen molar-refractivity contribution in [3.63, 3.8) is 0 Å². The molecule has 1 aromatic carbocycles. The van der Waals surface area contributed by atoms with Gasteiger partial charge in [-0.25, -0.2) is 4.98 Å². The molecule has 33 heavy (non-hydrogen) atoms. The Kier molecular flexibility index (Phi) is 9.15. The van der Waals surface area contributed by atoms with E-state index in [0.29, 0.717) is 24.3 Å². The summed E-state index contributed by atoms with van der Waals surface area (Å²) in [5.41, 5.74) is 4.48. The van der Waals surface area contributed by atoms with E-state index < -0.39 is 0 Å². The van der Waals surface area contributed by atoms with Gasteiger partial charge in [-0.3, -0.25) is 14.7 Å². The van der Waals surface area contributed by atoms with Crippen LogP contribution >= 0.6 is 11.3 Å². The minimum atomic E-state index is 0.0444. The summed E-state index contributed by atoms with van der Waals surface area (Å²) in [6, 6.07) is 5.62. The monoisotopic (exact) mass is 463 g/mol. The fourth-order valence-electron chi connectivity index (χ4n) is 3.62. The number of hydrogen-bond donors (Lipinski definition) is 1. The number of amides is 1. The van der Waals surface area contributed by atoms with Crippen LogP contribution in [0.25, 0.3) is 0 Å². The number of benzene rings is 1. The average Bonchev–Trinajstić information content (AvgIpc) is 3.25. The summed E-state index contributed by atoms with van der Waals surface area (Å²) in [5, 5.41) is 6.59. The normalized spacial score (nSPS) is 15.1. The Morgan fingerprint density at radius 1 is 1.30 bits per heavy atom. The molecule has 6 nitrogen and oxygen atoms in total. The lowest BCUT2D eigenvalue weighted by Gasteiger charge is -2.34. The largest absolute Gasteiger partial charge is 0.383 e. The summed E-state index contributed by atoms with van der Waals surface area (Å²) in [6.45, 7) is 16.2. The summed E-state index contributed by atoms with van der Waals surface area (Å²) >= 11 is 1.68. The second kappa shape index (κ2) is 12.3. The van der Waals surface area contributed by atoms with Gasteiger partial charge in [0.15, 0.2) is 0 Å². The van der Waals surface area contributed by atoms with Crippen molar-refractivity contribution in [3.05, 3.63) is 76.3 Å². The van der Waals surface area contributed by atoms with E-state index >= 15 is 0 Å². The van der Waals surface area contributed by atoms with Gasteiger partial charge in [-0.2, -0.15) is 0 Å². The zero-order valence-electron chi connectivity index (χ0n) is 19.6. The molecule has 0 bridgehead atoms. The SMILES string of the molecule is C=C/C(C)=C\C=C/CCNc1ccc(C(=O)N2CCN(Cc3csc(C)n3)CC2)cc1N=C. The molecular formula is C26H33N5OS. The van der Waals surface area contributed by atoms with Crippen molar-refractivity contribution >= 4 is 35.3 Å². The molecule has 0 radical (unpaired) electrons. The number of hydrogen-bond acceptors (Lipinski definition) is 6. The minimum Gasteiger partial charge on any atom is -0.383 e. The molecule has 1 amide bonds. The van der Waals surface area contributed by atoms with Gasteiger partial charge in [-0.05, 0) is 45.2 Å². The van der Waals surface area contributed by atoms with Gasteiger partial charge in [0.2, 0.25) is 0 Å². The Morgan fingerprint density at radius 3 is 2.76 bits per heavy atom. The maximum atomic E-state index is 13.1. The molecule has 2 heterocycles. The smallest absolute Gasteiger partial charge is 0.254 e. The molecule has 174 valence electrons. The maximum absolute atomic E-state index is 13.1. The molecule has 0 aliphatic carbocycles. The van der Waals surface area contributed by atoms with Crippen molar-refractivity contribution in [2.45, 2.75) is 26.8 Å². The van der Waals surface area contributed by atoms with Gasteiger partial charge in [0.1, 0.15) is 0 Å². The molecule has 1 fully saturated rings. The quantitative estimate of drug-likeness (QED) is 0.298. The van der Waals surface area contributed by atoms with Crippen LogP contribution in [0, 0.1) is 6.92 Å². The highest BCUT2D eigenvalue weighted by molar-refractivity contribution is 7.09. The number of carbonyl (C=O) groups excluding carboxylic acids is 1. The molecule has 1 aromatic heterocycles. The number of piperazine rings is 1. The highest BCUT2D eigenvalue weighted by atomic mass is 32.1. The topological polar surface area (TPSA) is 60.8 Å². The number of aromatic nitrogens is 1. The second-order valence-corrected chi connectivity index (χ2v) is 9.14. The summed E-state index contributed by atoms with van der Waals surface area (Å²) in [5.74, 6) is 0.0444. The predicted molar refractivity (Wildman–Crippen MR) is 140 cm³/mol. The molecule has 1 aliphatic heterocycles. The Labute approximate surface area is 201 Å². The first-order valence-electron chi connectivity index (χ1n) is 11.2. The number of thiazole rings is 1. The van der Waals surface area contributed by atoms with E-state index in [1.807, 2.05) is 55.2 Å². The van der Waals surface area contributed by atoms with Crippen molar-refractivity contribution in [1.29, 1.82) is 0 Å². The number of nitrogens with one attached hydrogen (secondary N) is 1. The molecule has 0 spiro atoms. The fourth-order valence-corrected chi connectivity index (χ4v) is 4.22. The number of nitrogens with zero attached hydrogens (tertiary/aromatic N) is 4. The number of carbonyl (C=O) groups is 1. The van der Waals surface area contributed by atoms with E-state index in [0.717, 1.165) is 54.6 Å². The van der Waals surface area contributed by atoms with Crippen molar-refractivity contribution in [1.82, 2.24) is 14.8 Å². The van der Waals surface area contributed by atoms with Crippen LogP contribution in [0.2, 0.25) is 0 Å². The molecule has 7 heteroatoms. The molecule has 0 atom stereocenters. The van der Waals surface area contributed by atoms with Gasteiger partial charge < -0.3 is 10.2 Å². The molecule has 1 saturated heterocycles. The first kappa shape index (κ1) is 24.6. The first-order valence-corrected chi connectivity index (χ1v) is 12.1. The van der Waals surface area contributed by atoms with Crippen LogP contribution in [0.15, 0.2) is 65.0 Å². The molecule has 1 N–H and O–H groups in total. The van der Waals surface area contributed by atoms with Crippen molar-refractivity contribution in [3.8, 4) is 0 Å². The van der Waals surface area contributed by atoms with Crippen LogP contribution in [-0.2, 0) is 6.54 Å². The third-order valence-corrected chi connectivity index (χ3v) is 6.39. The maximum Gasteiger partial charge on any atom is 0.254 e. The van der Waals surface area contributed by atoms with Gasteiger partial charge in [0.05, 0.1) is 22.1 Å². The van der Waals surface area contributed by atoms with E-state index in [1.54, 1.807) is 11.3 Å². The first-order chi connectivity index (χ1) is 16.0. The van der Waals surface area contributed by atoms with Crippen LogP contribution in [0.1, 0.15) is 34.4 Å². The zero-order valence-corrected chi connectivity index (χ0v) is 20.4.